The van der Waals surface area contributed by atoms with E-state index in [-0.39, 0.29) is 29.6 Å². The second-order valence-electron chi connectivity index (χ2n) is 6.59. The first-order chi connectivity index (χ1) is 13.7. The molecule has 0 aliphatic heterocycles. The zero-order chi connectivity index (χ0) is 21.4. The van der Waals surface area contributed by atoms with Crippen molar-refractivity contribution in [1.82, 2.24) is 10.0 Å². The molecule has 9 heteroatoms. The van der Waals surface area contributed by atoms with Crippen molar-refractivity contribution >= 4 is 21.8 Å². The van der Waals surface area contributed by atoms with Gasteiger partial charge in [0.15, 0.2) is 0 Å². The summed E-state index contributed by atoms with van der Waals surface area (Å²) in [6, 6.07) is 12.0. The van der Waals surface area contributed by atoms with Gasteiger partial charge in [-0.25, -0.2) is 17.5 Å². The lowest BCUT2D eigenvalue weighted by atomic mass is 9.98. The first kappa shape index (κ1) is 22.5. The average Bonchev–Trinajstić information content (AvgIpc) is 2.71. The van der Waals surface area contributed by atoms with E-state index >= 15 is 0 Å². The van der Waals surface area contributed by atoms with Gasteiger partial charge in [-0.3, -0.25) is 9.59 Å². The highest BCUT2D eigenvalue weighted by Gasteiger charge is 2.17. The first-order valence-electron chi connectivity index (χ1n) is 9.04. The Bertz CT molecular complexity index is 945. The molecule has 2 aromatic carbocycles. The van der Waals surface area contributed by atoms with Gasteiger partial charge >= 0.3 is 0 Å². The SMILES string of the molecule is CNS(=O)(=O)c1ccc(CCC(=O)NCC(Cc2ccc(F)cc2)C(N)=O)cc1. The number of carbonyl (C=O) groups is 2. The van der Waals surface area contributed by atoms with Gasteiger partial charge in [0.05, 0.1) is 10.8 Å². The van der Waals surface area contributed by atoms with Gasteiger partial charge in [-0.2, -0.15) is 0 Å². The molecule has 0 fully saturated rings. The Hall–Kier alpha value is -2.78. The number of primary amides is 1. The van der Waals surface area contributed by atoms with E-state index in [1.54, 1.807) is 24.3 Å². The lowest BCUT2D eigenvalue weighted by Gasteiger charge is -2.14. The minimum absolute atomic E-state index is 0.0882. The number of nitrogens with two attached hydrogens (primary N) is 1. The van der Waals surface area contributed by atoms with Gasteiger partial charge in [0.2, 0.25) is 21.8 Å². The molecule has 0 aromatic heterocycles. The zero-order valence-corrected chi connectivity index (χ0v) is 16.8. The second-order valence-corrected chi connectivity index (χ2v) is 8.47. The molecule has 2 amide bonds. The molecular formula is C20H24FN3O4S. The van der Waals surface area contributed by atoms with E-state index in [0.717, 1.165) is 11.1 Å². The Kier molecular flexibility index (Phi) is 7.86. The topological polar surface area (TPSA) is 118 Å². The number of halogens is 1. The summed E-state index contributed by atoms with van der Waals surface area (Å²) >= 11 is 0. The summed E-state index contributed by atoms with van der Waals surface area (Å²) in [6.07, 6.45) is 0.905. The third kappa shape index (κ3) is 6.95. The van der Waals surface area contributed by atoms with Gasteiger partial charge in [0, 0.05) is 13.0 Å². The first-order valence-corrected chi connectivity index (χ1v) is 10.5. The van der Waals surface area contributed by atoms with Crippen molar-refractivity contribution < 1.29 is 22.4 Å². The molecule has 0 bridgehead atoms. The molecule has 0 radical (unpaired) electrons. The van der Waals surface area contributed by atoms with Crippen molar-refractivity contribution in [2.45, 2.75) is 24.2 Å². The number of amides is 2. The van der Waals surface area contributed by atoms with Gasteiger partial charge < -0.3 is 11.1 Å². The summed E-state index contributed by atoms with van der Waals surface area (Å²) in [6.45, 7) is 0.0882. The number of nitrogens with one attached hydrogen (secondary N) is 2. The lowest BCUT2D eigenvalue weighted by Crippen LogP contribution is -2.37. The number of sulfonamides is 1. The number of hydrogen-bond donors (Lipinski definition) is 3. The van der Waals surface area contributed by atoms with Gasteiger partial charge in [-0.05, 0) is 55.3 Å². The number of rotatable bonds is 10. The molecule has 2 rings (SSSR count). The van der Waals surface area contributed by atoms with Crippen LogP contribution in [-0.2, 0) is 32.5 Å². The molecule has 0 saturated heterocycles. The zero-order valence-electron chi connectivity index (χ0n) is 16.0. The standard InChI is InChI=1S/C20H24FN3O4S/c1-23-29(27,28)18-9-4-14(5-10-18)6-11-19(25)24-13-16(20(22)26)12-15-2-7-17(21)8-3-15/h2-5,7-10,16,23H,6,11-13H2,1H3,(H2,22,26)(H,24,25). The molecule has 4 N–H and O–H groups in total. The Labute approximate surface area is 169 Å². The molecule has 0 saturated carbocycles. The molecule has 2 aromatic rings. The highest BCUT2D eigenvalue weighted by atomic mass is 32.2. The predicted molar refractivity (Wildman–Crippen MR) is 107 cm³/mol. The van der Waals surface area contributed by atoms with Crippen LogP contribution in [0.3, 0.4) is 0 Å². The van der Waals surface area contributed by atoms with Crippen LogP contribution in [0.4, 0.5) is 4.39 Å². The Morgan fingerprint density at radius 1 is 1.03 bits per heavy atom. The van der Waals surface area contributed by atoms with E-state index in [9.17, 15) is 22.4 Å². The monoisotopic (exact) mass is 421 g/mol. The minimum atomic E-state index is -3.49. The van der Waals surface area contributed by atoms with Crippen LogP contribution in [0.2, 0.25) is 0 Å². The van der Waals surface area contributed by atoms with Gasteiger partial charge in [0.1, 0.15) is 5.82 Å². The molecular weight excluding hydrogens is 397 g/mol. The maximum Gasteiger partial charge on any atom is 0.240 e. The molecule has 0 spiro atoms. The Balaban J connectivity index is 1.84. The summed E-state index contributed by atoms with van der Waals surface area (Å²) in [7, 11) is -2.16. The van der Waals surface area contributed by atoms with Crippen LogP contribution in [0.5, 0.6) is 0 Å². The van der Waals surface area contributed by atoms with Crippen LogP contribution in [0.1, 0.15) is 17.5 Å². The van der Waals surface area contributed by atoms with Crippen LogP contribution >= 0.6 is 0 Å². The smallest absolute Gasteiger partial charge is 0.240 e. The highest BCUT2D eigenvalue weighted by Crippen LogP contribution is 2.12. The van der Waals surface area contributed by atoms with Gasteiger partial charge in [-0.15, -0.1) is 0 Å². The van der Waals surface area contributed by atoms with E-state index in [2.05, 4.69) is 10.0 Å². The summed E-state index contributed by atoms with van der Waals surface area (Å²) in [5, 5.41) is 2.69. The maximum absolute atomic E-state index is 13.0. The summed E-state index contributed by atoms with van der Waals surface area (Å²) in [5.74, 6) is -1.76. The highest BCUT2D eigenvalue weighted by molar-refractivity contribution is 7.89. The van der Waals surface area contributed by atoms with Crippen molar-refractivity contribution in [3.05, 3.63) is 65.5 Å². The van der Waals surface area contributed by atoms with Crippen molar-refractivity contribution in [1.29, 1.82) is 0 Å². The number of hydrogen-bond acceptors (Lipinski definition) is 4. The summed E-state index contributed by atoms with van der Waals surface area (Å²) < 4.78 is 38.6. The fourth-order valence-corrected chi connectivity index (χ4v) is 3.44. The van der Waals surface area contributed by atoms with Crippen LogP contribution in [-0.4, -0.2) is 33.8 Å². The Morgan fingerprint density at radius 3 is 2.17 bits per heavy atom. The van der Waals surface area contributed by atoms with Crippen molar-refractivity contribution in [2.75, 3.05) is 13.6 Å². The van der Waals surface area contributed by atoms with E-state index in [1.807, 2.05) is 0 Å². The number of carbonyl (C=O) groups excluding carboxylic acids is 2. The normalized spacial score (nSPS) is 12.3. The molecule has 29 heavy (non-hydrogen) atoms. The van der Waals surface area contributed by atoms with E-state index < -0.39 is 21.8 Å². The summed E-state index contributed by atoms with van der Waals surface area (Å²) in [4.78, 5) is 23.9. The van der Waals surface area contributed by atoms with E-state index in [0.29, 0.717) is 12.8 Å². The third-order valence-electron chi connectivity index (χ3n) is 4.49. The van der Waals surface area contributed by atoms with Crippen molar-refractivity contribution in [3.63, 3.8) is 0 Å². The quantitative estimate of drug-likeness (QED) is 0.533. The fraction of sp³-hybridized carbons (Fsp3) is 0.300. The fourth-order valence-electron chi connectivity index (χ4n) is 2.71. The average molecular weight is 421 g/mol. The van der Waals surface area contributed by atoms with E-state index in [4.69, 9.17) is 5.73 Å². The van der Waals surface area contributed by atoms with Crippen LogP contribution < -0.4 is 15.8 Å². The number of benzene rings is 2. The lowest BCUT2D eigenvalue weighted by molar-refractivity contribution is -0.123. The minimum Gasteiger partial charge on any atom is -0.369 e. The van der Waals surface area contributed by atoms with Crippen LogP contribution in [0.25, 0.3) is 0 Å². The number of aryl methyl sites for hydroxylation is 1. The molecule has 0 aliphatic carbocycles. The second kappa shape index (κ2) is 10.1. The summed E-state index contributed by atoms with van der Waals surface area (Å²) in [5.41, 5.74) is 6.97. The molecule has 156 valence electrons. The maximum atomic E-state index is 13.0. The molecule has 7 nitrogen and oxygen atoms in total. The van der Waals surface area contributed by atoms with Crippen molar-refractivity contribution in [3.8, 4) is 0 Å². The molecule has 1 unspecified atom stereocenters. The van der Waals surface area contributed by atoms with E-state index in [1.165, 1.54) is 31.3 Å². The van der Waals surface area contributed by atoms with Crippen LogP contribution in [0.15, 0.2) is 53.4 Å². The van der Waals surface area contributed by atoms with Crippen molar-refractivity contribution in [2.24, 2.45) is 11.7 Å². The molecule has 0 aliphatic rings. The van der Waals surface area contributed by atoms with Gasteiger partial charge in [-0.1, -0.05) is 24.3 Å². The molecule has 1 atom stereocenters. The predicted octanol–water partition coefficient (Wildman–Crippen LogP) is 1.13. The largest absolute Gasteiger partial charge is 0.369 e. The Morgan fingerprint density at radius 2 is 1.62 bits per heavy atom. The van der Waals surface area contributed by atoms with Gasteiger partial charge in [0.25, 0.3) is 0 Å². The van der Waals surface area contributed by atoms with Crippen LogP contribution in [0, 0.1) is 11.7 Å². The molecule has 0 heterocycles. The third-order valence-corrected chi connectivity index (χ3v) is 5.92.